The second-order valence-corrected chi connectivity index (χ2v) is 6.78. The third kappa shape index (κ3) is 3.58. The van der Waals surface area contributed by atoms with Crippen LogP contribution >= 0.6 is 0 Å². The van der Waals surface area contributed by atoms with Crippen molar-refractivity contribution in [2.75, 3.05) is 11.6 Å². The minimum Gasteiger partial charge on any atom is -0.377 e. The van der Waals surface area contributed by atoms with Gasteiger partial charge in [-0.05, 0) is 25.1 Å². The number of nitrogens with one attached hydrogen (secondary N) is 1. The van der Waals surface area contributed by atoms with Gasteiger partial charge in [0.15, 0.2) is 9.84 Å². The first-order chi connectivity index (χ1) is 9.79. The van der Waals surface area contributed by atoms with Gasteiger partial charge in [0, 0.05) is 17.9 Å². The van der Waals surface area contributed by atoms with E-state index in [0.717, 1.165) is 12.3 Å². The van der Waals surface area contributed by atoms with Crippen LogP contribution in [0.5, 0.6) is 0 Å². The van der Waals surface area contributed by atoms with E-state index in [1.54, 1.807) is 25.1 Å². The summed E-state index contributed by atoms with van der Waals surface area (Å²) < 4.78 is 50.1. The summed E-state index contributed by atoms with van der Waals surface area (Å²) >= 11 is 0. The fourth-order valence-electron chi connectivity index (χ4n) is 2.07. The zero-order chi connectivity index (χ0) is 15.6. The van der Waals surface area contributed by atoms with Crippen LogP contribution < -0.4 is 5.32 Å². The number of anilines is 1. The maximum Gasteiger partial charge on any atom is 0.177 e. The number of hydrogen-bond acceptors (Lipinski definition) is 3. The molecule has 21 heavy (non-hydrogen) atoms. The van der Waals surface area contributed by atoms with E-state index >= 15 is 0 Å². The van der Waals surface area contributed by atoms with Crippen LogP contribution in [0.2, 0.25) is 0 Å². The standard InChI is InChI=1S/C15H15F2NO2S/c1-10(12-8-7-11(16)9-13(12)17)18-14-5-3-4-6-15(14)21(2,19)20/h3-10,18H,1-2H3/t10-/m1/s1. The van der Waals surface area contributed by atoms with Gasteiger partial charge in [-0.15, -0.1) is 0 Å². The van der Waals surface area contributed by atoms with Gasteiger partial charge < -0.3 is 5.32 Å². The zero-order valence-corrected chi connectivity index (χ0v) is 12.4. The number of benzene rings is 2. The van der Waals surface area contributed by atoms with Crippen LogP contribution in [0.15, 0.2) is 47.4 Å². The van der Waals surface area contributed by atoms with Crippen LogP contribution in [0.25, 0.3) is 0 Å². The van der Waals surface area contributed by atoms with E-state index in [-0.39, 0.29) is 10.5 Å². The molecule has 0 fully saturated rings. The third-order valence-corrected chi connectivity index (χ3v) is 4.24. The number of hydrogen-bond donors (Lipinski definition) is 1. The van der Waals surface area contributed by atoms with E-state index in [1.807, 2.05) is 0 Å². The van der Waals surface area contributed by atoms with Crippen molar-refractivity contribution in [1.29, 1.82) is 0 Å². The minimum atomic E-state index is -3.39. The van der Waals surface area contributed by atoms with E-state index in [0.29, 0.717) is 5.69 Å². The van der Waals surface area contributed by atoms with Crippen LogP contribution in [0, 0.1) is 11.6 Å². The summed E-state index contributed by atoms with van der Waals surface area (Å²) in [5, 5.41) is 2.95. The molecule has 0 aliphatic heterocycles. The average molecular weight is 311 g/mol. The van der Waals surface area contributed by atoms with Gasteiger partial charge in [-0.25, -0.2) is 17.2 Å². The lowest BCUT2D eigenvalue weighted by molar-refractivity contribution is 0.566. The molecule has 1 N–H and O–H groups in total. The first kappa shape index (κ1) is 15.4. The molecule has 0 aromatic heterocycles. The maximum absolute atomic E-state index is 13.7. The molecule has 0 spiro atoms. The molecule has 0 unspecified atom stereocenters. The average Bonchev–Trinajstić information content (AvgIpc) is 2.37. The molecule has 1 atom stereocenters. The summed E-state index contributed by atoms with van der Waals surface area (Å²) in [6, 6.07) is 9.18. The zero-order valence-electron chi connectivity index (χ0n) is 11.6. The molecule has 0 radical (unpaired) electrons. The van der Waals surface area contributed by atoms with E-state index in [9.17, 15) is 17.2 Å². The molecule has 0 aliphatic rings. The molecule has 2 rings (SSSR count). The van der Waals surface area contributed by atoms with Gasteiger partial charge in [-0.2, -0.15) is 0 Å². The van der Waals surface area contributed by atoms with Crippen molar-refractivity contribution < 1.29 is 17.2 Å². The quantitative estimate of drug-likeness (QED) is 0.939. The van der Waals surface area contributed by atoms with Crippen molar-refractivity contribution in [2.24, 2.45) is 0 Å². The summed E-state index contributed by atoms with van der Waals surface area (Å²) in [6.45, 7) is 1.68. The van der Waals surface area contributed by atoms with E-state index < -0.39 is 27.5 Å². The highest BCUT2D eigenvalue weighted by atomic mass is 32.2. The Morgan fingerprint density at radius 2 is 1.76 bits per heavy atom. The first-order valence-corrected chi connectivity index (χ1v) is 8.19. The molecular formula is C15H15F2NO2S. The van der Waals surface area contributed by atoms with E-state index in [2.05, 4.69) is 5.32 Å². The highest BCUT2D eigenvalue weighted by molar-refractivity contribution is 7.90. The number of rotatable bonds is 4. The predicted molar refractivity (Wildman–Crippen MR) is 77.9 cm³/mol. The Kier molecular flexibility index (Phi) is 4.27. The molecule has 0 aliphatic carbocycles. The van der Waals surface area contributed by atoms with Crippen LogP contribution in [-0.2, 0) is 9.84 Å². The molecular weight excluding hydrogens is 296 g/mol. The van der Waals surface area contributed by atoms with Crippen molar-refractivity contribution in [3.05, 3.63) is 59.7 Å². The van der Waals surface area contributed by atoms with E-state index in [1.165, 1.54) is 18.2 Å². The Hall–Kier alpha value is -1.95. The fourth-order valence-corrected chi connectivity index (χ4v) is 2.93. The van der Waals surface area contributed by atoms with Crippen LogP contribution in [-0.4, -0.2) is 14.7 Å². The minimum absolute atomic E-state index is 0.138. The Bertz CT molecular complexity index is 760. The van der Waals surface area contributed by atoms with Gasteiger partial charge >= 0.3 is 0 Å². The SMILES string of the molecule is C[C@@H](Nc1ccccc1S(C)(=O)=O)c1ccc(F)cc1F. The molecule has 0 heterocycles. The molecule has 3 nitrogen and oxygen atoms in total. The van der Waals surface area contributed by atoms with Gasteiger partial charge in [0.2, 0.25) is 0 Å². The lowest BCUT2D eigenvalue weighted by Crippen LogP contribution is -2.11. The fraction of sp³-hybridized carbons (Fsp3) is 0.200. The van der Waals surface area contributed by atoms with Crippen molar-refractivity contribution in [3.63, 3.8) is 0 Å². The molecule has 2 aromatic carbocycles. The molecule has 6 heteroatoms. The second kappa shape index (κ2) is 5.81. The van der Waals surface area contributed by atoms with Gasteiger partial charge in [0.05, 0.1) is 16.6 Å². The summed E-state index contributed by atoms with van der Waals surface area (Å²) in [6.07, 6.45) is 1.11. The van der Waals surface area contributed by atoms with Crippen molar-refractivity contribution in [1.82, 2.24) is 0 Å². The van der Waals surface area contributed by atoms with Gasteiger partial charge in [-0.1, -0.05) is 18.2 Å². The summed E-state index contributed by atoms with van der Waals surface area (Å²) in [7, 11) is -3.39. The number of para-hydroxylation sites is 1. The lowest BCUT2D eigenvalue weighted by atomic mass is 10.1. The van der Waals surface area contributed by atoms with Crippen molar-refractivity contribution >= 4 is 15.5 Å². The van der Waals surface area contributed by atoms with Gasteiger partial charge in [0.1, 0.15) is 11.6 Å². The highest BCUT2D eigenvalue weighted by Gasteiger charge is 2.16. The lowest BCUT2D eigenvalue weighted by Gasteiger charge is -2.18. The number of sulfone groups is 1. The third-order valence-electron chi connectivity index (χ3n) is 3.09. The first-order valence-electron chi connectivity index (χ1n) is 6.29. The summed E-state index contributed by atoms with van der Waals surface area (Å²) in [5.74, 6) is -1.33. The topological polar surface area (TPSA) is 46.2 Å². The predicted octanol–water partition coefficient (Wildman–Crippen LogP) is 3.54. The van der Waals surface area contributed by atoms with Crippen LogP contribution in [0.3, 0.4) is 0 Å². The maximum atomic E-state index is 13.7. The second-order valence-electron chi connectivity index (χ2n) is 4.80. The molecule has 0 saturated carbocycles. The summed E-state index contributed by atoms with van der Waals surface area (Å²) in [4.78, 5) is 0.138. The van der Waals surface area contributed by atoms with Crippen LogP contribution in [0.4, 0.5) is 14.5 Å². The van der Waals surface area contributed by atoms with Gasteiger partial charge in [-0.3, -0.25) is 0 Å². The van der Waals surface area contributed by atoms with Gasteiger partial charge in [0.25, 0.3) is 0 Å². The molecule has 0 saturated heterocycles. The monoisotopic (exact) mass is 311 g/mol. The van der Waals surface area contributed by atoms with E-state index in [4.69, 9.17) is 0 Å². The highest BCUT2D eigenvalue weighted by Crippen LogP contribution is 2.27. The van der Waals surface area contributed by atoms with Crippen molar-refractivity contribution in [3.8, 4) is 0 Å². The largest absolute Gasteiger partial charge is 0.377 e. The molecule has 2 aromatic rings. The Balaban J connectivity index is 2.34. The van der Waals surface area contributed by atoms with Crippen molar-refractivity contribution in [2.45, 2.75) is 17.9 Å². The number of halogens is 2. The summed E-state index contributed by atoms with van der Waals surface area (Å²) in [5.41, 5.74) is 0.649. The van der Waals surface area contributed by atoms with Crippen LogP contribution in [0.1, 0.15) is 18.5 Å². The molecule has 0 amide bonds. The Morgan fingerprint density at radius 3 is 2.38 bits per heavy atom. The Labute approximate surface area is 122 Å². The Morgan fingerprint density at radius 1 is 1.10 bits per heavy atom. The molecule has 0 bridgehead atoms. The smallest absolute Gasteiger partial charge is 0.177 e. The molecule has 112 valence electrons. The normalized spacial score (nSPS) is 13.0.